The Hall–Kier alpha value is -3.08. The maximum absolute atomic E-state index is 12.0. The van der Waals surface area contributed by atoms with Crippen LogP contribution in [0.1, 0.15) is 24.0 Å². The highest BCUT2D eigenvalue weighted by atomic mass is 16.6. The minimum Gasteiger partial charge on any atom is -0.489 e. The maximum Gasteiger partial charge on any atom is 0.334 e. The molecule has 1 N–H and O–H groups in total. The Morgan fingerprint density at radius 2 is 1.92 bits per heavy atom. The summed E-state index contributed by atoms with van der Waals surface area (Å²) in [6.45, 7) is 3.97. The number of fused-ring (bicyclic) bond motifs is 1. The first-order valence-corrected chi connectivity index (χ1v) is 8.58. The number of aryl methyl sites for hydroxylation is 1. The number of hydrogen-bond acceptors (Lipinski definition) is 4. The van der Waals surface area contributed by atoms with Gasteiger partial charge in [0.1, 0.15) is 12.4 Å². The lowest BCUT2D eigenvalue weighted by atomic mass is 9.90. The van der Waals surface area contributed by atoms with Gasteiger partial charge in [-0.3, -0.25) is 4.79 Å². The Balaban J connectivity index is 1.58. The first-order valence-electron chi connectivity index (χ1n) is 8.58. The molecule has 1 amide bonds. The van der Waals surface area contributed by atoms with Crippen LogP contribution in [-0.2, 0) is 26.3 Å². The highest BCUT2D eigenvalue weighted by molar-refractivity contribution is 5.94. The molecule has 0 aliphatic carbocycles. The highest BCUT2D eigenvalue weighted by Gasteiger charge is 2.45. The third-order valence-corrected chi connectivity index (χ3v) is 4.82. The van der Waals surface area contributed by atoms with Gasteiger partial charge >= 0.3 is 5.97 Å². The van der Waals surface area contributed by atoms with Crippen LogP contribution in [0.15, 0.2) is 60.7 Å². The fourth-order valence-electron chi connectivity index (χ4n) is 3.41. The van der Waals surface area contributed by atoms with Gasteiger partial charge in [0.05, 0.1) is 0 Å². The molecule has 5 nitrogen and oxygen atoms in total. The molecule has 1 unspecified atom stereocenters. The number of carbonyl (C=O) groups excluding carboxylic acids is 2. The third-order valence-electron chi connectivity index (χ3n) is 4.82. The van der Waals surface area contributed by atoms with Gasteiger partial charge in [-0.1, -0.05) is 43.0 Å². The zero-order chi connectivity index (χ0) is 18.1. The molecule has 2 aromatic rings. The number of anilines is 1. The van der Waals surface area contributed by atoms with Crippen molar-refractivity contribution in [3.8, 4) is 5.75 Å². The third kappa shape index (κ3) is 2.96. The van der Waals surface area contributed by atoms with E-state index < -0.39 is 11.6 Å². The Kier molecular flexibility index (Phi) is 3.99. The van der Waals surface area contributed by atoms with E-state index in [2.05, 4.69) is 11.9 Å². The quantitative estimate of drug-likeness (QED) is 0.679. The van der Waals surface area contributed by atoms with Crippen molar-refractivity contribution in [2.75, 3.05) is 11.9 Å². The monoisotopic (exact) mass is 349 g/mol. The SMILES string of the molecule is C=C1CC(COc2ccc3c(c2)NC(=O)CC3)(c2ccccc2)OC1=O. The molecule has 2 aromatic carbocycles. The molecule has 132 valence electrons. The minimum absolute atomic E-state index is 0.0106. The van der Waals surface area contributed by atoms with Gasteiger partial charge in [0.2, 0.25) is 5.91 Å². The molecular formula is C21H19NO4. The Labute approximate surface area is 151 Å². The van der Waals surface area contributed by atoms with Gasteiger partial charge in [-0.15, -0.1) is 0 Å². The lowest BCUT2D eigenvalue weighted by Crippen LogP contribution is -2.33. The molecule has 2 aliphatic heterocycles. The summed E-state index contributed by atoms with van der Waals surface area (Å²) in [6, 6.07) is 15.2. The summed E-state index contributed by atoms with van der Waals surface area (Å²) in [5.41, 5.74) is 2.30. The van der Waals surface area contributed by atoms with E-state index >= 15 is 0 Å². The van der Waals surface area contributed by atoms with Crippen molar-refractivity contribution in [3.63, 3.8) is 0 Å². The van der Waals surface area contributed by atoms with Crippen LogP contribution in [-0.4, -0.2) is 18.5 Å². The predicted octanol–water partition coefficient (Wildman–Crippen LogP) is 3.35. The van der Waals surface area contributed by atoms with E-state index in [-0.39, 0.29) is 12.5 Å². The number of amides is 1. The second-order valence-electron chi connectivity index (χ2n) is 6.69. The summed E-state index contributed by atoms with van der Waals surface area (Å²) in [5, 5.41) is 2.87. The van der Waals surface area contributed by atoms with Crippen molar-refractivity contribution in [2.45, 2.75) is 24.9 Å². The molecule has 26 heavy (non-hydrogen) atoms. The summed E-state index contributed by atoms with van der Waals surface area (Å²) < 4.78 is 11.6. The maximum atomic E-state index is 12.0. The zero-order valence-corrected chi connectivity index (χ0v) is 14.3. The van der Waals surface area contributed by atoms with Crippen LogP contribution in [0.4, 0.5) is 5.69 Å². The number of hydrogen-bond donors (Lipinski definition) is 1. The summed E-state index contributed by atoms with van der Waals surface area (Å²) in [6.07, 6.45) is 1.62. The van der Waals surface area contributed by atoms with E-state index in [0.29, 0.717) is 24.2 Å². The zero-order valence-electron chi connectivity index (χ0n) is 14.3. The average Bonchev–Trinajstić information content (AvgIpc) is 2.95. The first-order chi connectivity index (χ1) is 12.6. The smallest absolute Gasteiger partial charge is 0.334 e. The molecule has 2 heterocycles. The molecule has 1 saturated heterocycles. The van der Waals surface area contributed by atoms with Gasteiger partial charge in [0.15, 0.2) is 5.60 Å². The number of rotatable bonds is 4. The van der Waals surface area contributed by atoms with Gasteiger partial charge in [-0.25, -0.2) is 4.79 Å². The first kappa shape index (κ1) is 16.4. The molecular weight excluding hydrogens is 330 g/mol. The Morgan fingerprint density at radius 3 is 2.65 bits per heavy atom. The van der Waals surface area contributed by atoms with Gasteiger partial charge in [-0.05, 0) is 23.6 Å². The van der Waals surface area contributed by atoms with Crippen LogP contribution in [0.25, 0.3) is 0 Å². The molecule has 1 atom stereocenters. The van der Waals surface area contributed by atoms with Crippen molar-refractivity contribution in [1.82, 2.24) is 0 Å². The molecule has 5 heteroatoms. The Bertz CT molecular complexity index is 872. The fourth-order valence-corrected chi connectivity index (χ4v) is 3.41. The number of nitrogens with one attached hydrogen (secondary N) is 1. The standard InChI is InChI=1S/C21H19NO4/c1-14-12-21(26-20(14)24,16-5-3-2-4-6-16)13-25-17-9-7-15-8-10-19(23)22-18(15)11-17/h2-7,9,11H,1,8,10,12-13H2,(H,22,23). The number of carbonyl (C=O) groups is 2. The van der Waals surface area contributed by atoms with E-state index in [1.165, 1.54) is 0 Å². The van der Waals surface area contributed by atoms with E-state index in [9.17, 15) is 9.59 Å². The summed E-state index contributed by atoms with van der Waals surface area (Å²) >= 11 is 0. The molecule has 0 saturated carbocycles. The Morgan fingerprint density at radius 1 is 1.12 bits per heavy atom. The second kappa shape index (κ2) is 6.33. The largest absolute Gasteiger partial charge is 0.489 e. The van der Waals surface area contributed by atoms with Crippen LogP contribution >= 0.6 is 0 Å². The van der Waals surface area contributed by atoms with Crippen molar-refractivity contribution in [1.29, 1.82) is 0 Å². The average molecular weight is 349 g/mol. The predicted molar refractivity (Wildman–Crippen MR) is 96.9 cm³/mol. The highest BCUT2D eigenvalue weighted by Crippen LogP contribution is 2.40. The van der Waals surface area contributed by atoms with Crippen LogP contribution in [0, 0.1) is 0 Å². The van der Waals surface area contributed by atoms with E-state index in [4.69, 9.17) is 9.47 Å². The molecule has 0 aromatic heterocycles. The molecule has 1 fully saturated rings. The summed E-state index contributed by atoms with van der Waals surface area (Å²) in [7, 11) is 0. The topological polar surface area (TPSA) is 64.6 Å². The number of benzene rings is 2. The van der Waals surface area contributed by atoms with E-state index in [1.54, 1.807) is 0 Å². The van der Waals surface area contributed by atoms with Crippen molar-refractivity contribution in [3.05, 3.63) is 71.8 Å². The van der Waals surface area contributed by atoms with E-state index in [1.807, 2.05) is 48.5 Å². The summed E-state index contributed by atoms with van der Waals surface area (Å²) in [5.74, 6) is 0.237. The molecule has 0 radical (unpaired) electrons. The normalized spacial score (nSPS) is 21.8. The van der Waals surface area contributed by atoms with Gasteiger partial charge < -0.3 is 14.8 Å². The van der Waals surface area contributed by atoms with Crippen LogP contribution in [0.5, 0.6) is 5.75 Å². The molecule has 2 aliphatic rings. The lowest BCUT2D eigenvalue weighted by Gasteiger charge is -2.28. The van der Waals surface area contributed by atoms with Crippen LogP contribution in [0.2, 0.25) is 0 Å². The minimum atomic E-state index is -0.880. The summed E-state index contributed by atoms with van der Waals surface area (Å²) in [4.78, 5) is 23.6. The van der Waals surface area contributed by atoms with Crippen molar-refractivity contribution in [2.24, 2.45) is 0 Å². The van der Waals surface area contributed by atoms with Gasteiger partial charge in [0.25, 0.3) is 0 Å². The lowest BCUT2D eigenvalue weighted by molar-refractivity contribution is -0.150. The van der Waals surface area contributed by atoms with Crippen molar-refractivity contribution < 1.29 is 19.1 Å². The van der Waals surface area contributed by atoms with Crippen LogP contribution < -0.4 is 10.1 Å². The molecule has 0 spiro atoms. The molecule has 0 bridgehead atoms. The number of ether oxygens (including phenoxy) is 2. The van der Waals surface area contributed by atoms with Gasteiger partial charge in [0, 0.05) is 30.2 Å². The number of esters is 1. The van der Waals surface area contributed by atoms with Crippen molar-refractivity contribution >= 4 is 17.6 Å². The van der Waals surface area contributed by atoms with Crippen LogP contribution in [0.3, 0.4) is 0 Å². The molecule has 4 rings (SSSR count). The van der Waals surface area contributed by atoms with Gasteiger partial charge in [-0.2, -0.15) is 0 Å². The van der Waals surface area contributed by atoms with E-state index in [0.717, 1.165) is 23.2 Å². The number of cyclic esters (lactones) is 1. The second-order valence-corrected chi connectivity index (χ2v) is 6.69. The fraction of sp³-hybridized carbons (Fsp3) is 0.238.